The van der Waals surface area contributed by atoms with E-state index in [2.05, 4.69) is 22.5 Å². The molecule has 1 aromatic carbocycles. The highest BCUT2D eigenvalue weighted by Crippen LogP contribution is 2.21. The molecule has 1 atom stereocenters. The number of carbonyl (C=O) groups excluding carboxylic acids is 1. The fourth-order valence-electron chi connectivity index (χ4n) is 2.73. The summed E-state index contributed by atoms with van der Waals surface area (Å²) in [5, 5.41) is 6.26. The number of nitrogens with one attached hydrogen (secondary N) is 2. The lowest BCUT2D eigenvalue weighted by atomic mass is 10.1. The quantitative estimate of drug-likeness (QED) is 0.773. The number of nitrogens with zero attached hydrogens (tertiary/aromatic N) is 1. The van der Waals surface area contributed by atoms with E-state index >= 15 is 0 Å². The molecule has 0 saturated carbocycles. The molecule has 1 aromatic rings. The van der Waals surface area contributed by atoms with Gasteiger partial charge in [-0.2, -0.15) is 0 Å². The third-order valence-corrected chi connectivity index (χ3v) is 4.06. The van der Waals surface area contributed by atoms with Crippen LogP contribution in [0.2, 0.25) is 0 Å². The summed E-state index contributed by atoms with van der Waals surface area (Å²) >= 11 is 0. The van der Waals surface area contributed by atoms with Gasteiger partial charge in [0.05, 0.1) is 13.1 Å². The average Bonchev–Trinajstić information content (AvgIpc) is 2.48. The highest BCUT2D eigenvalue weighted by atomic mass is 16.5. The second-order valence-corrected chi connectivity index (χ2v) is 5.94. The molecule has 0 aliphatic carbocycles. The molecule has 0 aromatic heterocycles. The number of carbonyl (C=O) groups is 1. The first-order valence-electron chi connectivity index (χ1n) is 7.98. The van der Waals surface area contributed by atoms with Crippen LogP contribution in [0.1, 0.15) is 18.1 Å². The summed E-state index contributed by atoms with van der Waals surface area (Å²) in [5.74, 6) is 0.992. The van der Waals surface area contributed by atoms with E-state index in [0.717, 1.165) is 36.5 Å². The molecule has 1 amide bonds. The van der Waals surface area contributed by atoms with Crippen LogP contribution in [-0.4, -0.2) is 56.2 Å². The average molecular weight is 305 g/mol. The van der Waals surface area contributed by atoms with Crippen LogP contribution < -0.4 is 15.4 Å². The monoisotopic (exact) mass is 305 g/mol. The standard InChI is InChI=1S/C17H27N3O2/c1-13-5-4-6-14(2)17(13)22-10-8-19-16(21)12-20-9-7-18-11-15(20)3/h4-6,15,18H,7-12H2,1-3H3,(H,19,21)/t15-/m1/s1. The molecule has 5 nitrogen and oxygen atoms in total. The van der Waals surface area contributed by atoms with Crippen LogP contribution in [0.25, 0.3) is 0 Å². The molecular weight excluding hydrogens is 278 g/mol. The topological polar surface area (TPSA) is 53.6 Å². The molecule has 1 fully saturated rings. The summed E-state index contributed by atoms with van der Waals surface area (Å²) in [6, 6.07) is 6.50. The van der Waals surface area contributed by atoms with Crippen LogP contribution in [0.4, 0.5) is 0 Å². The van der Waals surface area contributed by atoms with Crippen LogP contribution >= 0.6 is 0 Å². The Bertz CT molecular complexity index is 484. The van der Waals surface area contributed by atoms with E-state index in [1.165, 1.54) is 0 Å². The number of rotatable bonds is 6. The van der Waals surface area contributed by atoms with Crippen molar-refractivity contribution in [3.8, 4) is 5.75 Å². The summed E-state index contributed by atoms with van der Waals surface area (Å²) in [6.07, 6.45) is 0. The first-order valence-corrected chi connectivity index (χ1v) is 7.98. The van der Waals surface area contributed by atoms with Crippen LogP contribution in [0.15, 0.2) is 18.2 Å². The highest BCUT2D eigenvalue weighted by Gasteiger charge is 2.19. The zero-order valence-corrected chi connectivity index (χ0v) is 13.8. The second-order valence-electron chi connectivity index (χ2n) is 5.94. The molecule has 1 heterocycles. The van der Waals surface area contributed by atoms with Crippen molar-refractivity contribution in [1.82, 2.24) is 15.5 Å². The molecular formula is C17H27N3O2. The Balaban J connectivity index is 1.69. The Morgan fingerprint density at radius 1 is 1.41 bits per heavy atom. The highest BCUT2D eigenvalue weighted by molar-refractivity contribution is 5.78. The van der Waals surface area contributed by atoms with Gasteiger partial charge in [-0.25, -0.2) is 0 Å². The third-order valence-electron chi connectivity index (χ3n) is 4.06. The predicted molar refractivity (Wildman–Crippen MR) is 88.3 cm³/mol. The Kier molecular flexibility index (Phi) is 6.21. The number of ether oxygens (including phenoxy) is 1. The summed E-state index contributed by atoms with van der Waals surface area (Å²) < 4.78 is 5.79. The van der Waals surface area contributed by atoms with Crippen molar-refractivity contribution in [1.29, 1.82) is 0 Å². The van der Waals surface area contributed by atoms with Gasteiger partial charge in [0.25, 0.3) is 0 Å². The fourth-order valence-corrected chi connectivity index (χ4v) is 2.73. The first kappa shape index (κ1) is 16.8. The number of aryl methyl sites for hydroxylation is 2. The van der Waals surface area contributed by atoms with Crippen LogP contribution in [0, 0.1) is 13.8 Å². The van der Waals surface area contributed by atoms with Gasteiger partial charge < -0.3 is 15.4 Å². The van der Waals surface area contributed by atoms with Gasteiger partial charge in [-0.05, 0) is 31.9 Å². The molecule has 0 spiro atoms. The van der Waals surface area contributed by atoms with Gasteiger partial charge in [0.2, 0.25) is 5.91 Å². The molecule has 2 N–H and O–H groups in total. The molecule has 1 saturated heterocycles. The molecule has 1 aliphatic heterocycles. The van der Waals surface area contributed by atoms with Gasteiger partial charge in [-0.15, -0.1) is 0 Å². The van der Waals surface area contributed by atoms with Gasteiger partial charge >= 0.3 is 0 Å². The van der Waals surface area contributed by atoms with Crippen LogP contribution in [0.3, 0.4) is 0 Å². The van der Waals surface area contributed by atoms with Crippen molar-refractivity contribution in [2.75, 3.05) is 39.3 Å². The Morgan fingerprint density at radius 3 is 2.82 bits per heavy atom. The van der Waals surface area contributed by atoms with Gasteiger partial charge in [0.1, 0.15) is 12.4 Å². The number of benzene rings is 1. The maximum Gasteiger partial charge on any atom is 0.234 e. The summed E-state index contributed by atoms with van der Waals surface area (Å²) in [6.45, 7) is 10.5. The lowest BCUT2D eigenvalue weighted by Crippen LogP contribution is -2.52. The summed E-state index contributed by atoms with van der Waals surface area (Å²) in [5.41, 5.74) is 2.25. The molecule has 0 unspecified atom stereocenters. The van der Waals surface area contributed by atoms with Crippen LogP contribution in [-0.2, 0) is 4.79 Å². The molecule has 122 valence electrons. The largest absolute Gasteiger partial charge is 0.491 e. The van der Waals surface area contributed by atoms with E-state index in [9.17, 15) is 4.79 Å². The minimum Gasteiger partial charge on any atom is -0.491 e. The molecule has 0 radical (unpaired) electrons. The number of hydrogen-bond donors (Lipinski definition) is 2. The maximum absolute atomic E-state index is 12.0. The second kappa shape index (κ2) is 8.15. The zero-order chi connectivity index (χ0) is 15.9. The molecule has 2 rings (SSSR count). The van der Waals surface area contributed by atoms with Crippen molar-refractivity contribution in [2.45, 2.75) is 26.8 Å². The summed E-state index contributed by atoms with van der Waals surface area (Å²) in [4.78, 5) is 14.2. The number of hydrogen-bond acceptors (Lipinski definition) is 4. The molecule has 22 heavy (non-hydrogen) atoms. The van der Waals surface area contributed by atoms with E-state index in [4.69, 9.17) is 4.74 Å². The maximum atomic E-state index is 12.0. The van der Waals surface area contributed by atoms with E-state index in [-0.39, 0.29) is 5.91 Å². The van der Waals surface area contributed by atoms with E-state index in [0.29, 0.717) is 25.7 Å². The SMILES string of the molecule is Cc1cccc(C)c1OCCNC(=O)CN1CCNC[C@H]1C. The van der Waals surface area contributed by atoms with Gasteiger partial charge in [0.15, 0.2) is 0 Å². The fraction of sp³-hybridized carbons (Fsp3) is 0.588. The van der Waals surface area contributed by atoms with Crippen molar-refractivity contribution in [3.63, 3.8) is 0 Å². The zero-order valence-electron chi connectivity index (χ0n) is 13.8. The Hall–Kier alpha value is -1.59. The molecule has 5 heteroatoms. The van der Waals surface area contributed by atoms with Crippen LogP contribution in [0.5, 0.6) is 5.75 Å². The minimum atomic E-state index is 0.0684. The van der Waals surface area contributed by atoms with Crippen molar-refractivity contribution in [2.24, 2.45) is 0 Å². The smallest absolute Gasteiger partial charge is 0.234 e. The lowest BCUT2D eigenvalue weighted by molar-refractivity contribution is -0.123. The lowest BCUT2D eigenvalue weighted by Gasteiger charge is -2.33. The predicted octanol–water partition coefficient (Wildman–Crippen LogP) is 1.09. The first-order chi connectivity index (χ1) is 10.6. The normalized spacial score (nSPS) is 19.0. The van der Waals surface area contributed by atoms with Gasteiger partial charge in [0, 0.05) is 25.7 Å². The van der Waals surface area contributed by atoms with Gasteiger partial charge in [-0.1, -0.05) is 18.2 Å². The Labute approximate surface area is 133 Å². The van der Waals surface area contributed by atoms with E-state index in [1.54, 1.807) is 0 Å². The van der Waals surface area contributed by atoms with E-state index < -0.39 is 0 Å². The third kappa shape index (κ3) is 4.71. The van der Waals surface area contributed by atoms with E-state index in [1.807, 2.05) is 32.0 Å². The van der Waals surface area contributed by atoms with Crippen molar-refractivity contribution < 1.29 is 9.53 Å². The summed E-state index contributed by atoms with van der Waals surface area (Å²) in [7, 11) is 0. The van der Waals surface area contributed by atoms with Crippen molar-refractivity contribution >= 4 is 5.91 Å². The Morgan fingerprint density at radius 2 is 2.14 bits per heavy atom. The molecule has 1 aliphatic rings. The number of para-hydroxylation sites is 1. The van der Waals surface area contributed by atoms with Crippen molar-refractivity contribution in [3.05, 3.63) is 29.3 Å². The minimum absolute atomic E-state index is 0.0684. The number of piperazine rings is 1. The number of amides is 1. The molecule has 0 bridgehead atoms. The van der Waals surface area contributed by atoms with Gasteiger partial charge in [-0.3, -0.25) is 9.69 Å².